The molecule has 0 aromatic heterocycles. The van der Waals surface area contributed by atoms with E-state index in [2.05, 4.69) is 24.3 Å². The molecule has 4 nitrogen and oxygen atoms in total. The van der Waals surface area contributed by atoms with Crippen molar-refractivity contribution in [3.63, 3.8) is 0 Å². The van der Waals surface area contributed by atoms with E-state index in [1.807, 2.05) is 0 Å². The number of nitrogens with two attached hydrogens (primary N) is 1. The fraction of sp³-hybridized carbons (Fsp3) is 0.571. The predicted molar refractivity (Wildman–Crippen MR) is 76.1 cm³/mol. The molecule has 0 radical (unpaired) electrons. The van der Waals surface area contributed by atoms with E-state index in [1.165, 1.54) is 32.4 Å². The number of likely N-dealkylation sites (N-methyl/N-ethyl adjacent to an activating group) is 1. The Morgan fingerprint density at radius 2 is 2.11 bits per heavy atom. The largest absolute Gasteiger partial charge is 0.494 e. The molecular formula is C14H22FN3O. The number of benzene rings is 1. The van der Waals surface area contributed by atoms with Crippen molar-refractivity contribution in [3.8, 4) is 5.75 Å². The lowest BCUT2D eigenvalue weighted by molar-refractivity contribution is 0.0739. The Balaban J connectivity index is 2.11. The number of halogens is 1. The summed E-state index contributed by atoms with van der Waals surface area (Å²) in [5.74, 6) is -0.222. The van der Waals surface area contributed by atoms with E-state index < -0.39 is 5.82 Å². The first kappa shape index (κ1) is 13.9. The molecule has 5 heteroatoms. The molecule has 0 amide bonds. The van der Waals surface area contributed by atoms with Crippen LogP contribution in [-0.4, -0.2) is 38.2 Å². The number of nitrogen functional groups attached to an aromatic ring is 1. The van der Waals surface area contributed by atoms with Crippen molar-refractivity contribution >= 4 is 11.4 Å². The van der Waals surface area contributed by atoms with Crippen molar-refractivity contribution in [1.29, 1.82) is 0 Å². The monoisotopic (exact) mass is 267 g/mol. The first-order valence-corrected chi connectivity index (χ1v) is 6.53. The minimum Gasteiger partial charge on any atom is -0.494 e. The highest BCUT2D eigenvalue weighted by atomic mass is 19.1. The molecule has 19 heavy (non-hydrogen) atoms. The van der Waals surface area contributed by atoms with Gasteiger partial charge in [-0.1, -0.05) is 0 Å². The summed E-state index contributed by atoms with van der Waals surface area (Å²) in [6.07, 6.45) is 3.60. The van der Waals surface area contributed by atoms with E-state index in [1.54, 1.807) is 6.07 Å². The molecule has 2 rings (SSSR count). The average Bonchev–Trinajstić information content (AvgIpc) is 2.29. The Bertz CT molecular complexity index is 458. The van der Waals surface area contributed by atoms with E-state index in [0.29, 0.717) is 5.69 Å². The van der Waals surface area contributed by atoms with Crippen molar-refractivity contribution in [1.82, 2.24) is 4.90 Å². The van der Waals surface area contributed by atoms with Crippen LogP contribution in [0.3, 0.4) is 0 Å². The van der Waals surface area contributed by atoms with Crippen LogP contribution in [0.1, 0.15) is 19.3 Å². The van der Waals surface area contributed by atoms with Crippen molar-refractivity contribution in [3.05, 3.63) is 17.9 Å². The van der Waals surface area contributed by atoms with Gasteiger partial charge in [0.1, 0.15) is 0 Å². The minimum atomic E-state index is -0.434. The normalized spacial score (nSPS) is 17.1. The highest BCUT2D eigenvalue weighted by Gasteiger charge is 2.38. The number of hydrogen-bond acceptors (Lipinski definition) is 4. The van der Waals surface area contributed by atoms with E-state index in [0.717, 1.165) is 12.2 Å². The molecule has 0 heterocycles. The lowest BCUT2D eigenvalue weighted by atomic mass is 9.75. The highest BCUT2D eigenvalue weighted by Crippen LogP contribution is 2.37. The van der Waals surface area contributed by atoms with Gasteiger partial charge in [0.15, 0.2) is 11.6 Å². The second-order valence-electron chi connectivity index (χ2n) is 5.40. The third kappa shape index (κ3) is 2.61. The van der Waals surface area contributed by atoms with Crippen LogP contribution < -0.4 is 15.8 Å². The fourth-order valence-corrected chi connectivity index (χ4v) is 2.51. The first-order valence-electron chi connectivity index (χ1n) is 6.53. The quantitative estimate of drug-likeness (QED) is 0.804. The van der Waals surface area contributed by atoms with Gasteiger partial charge in [-0.3, -0.25) is 0 Å². The summed E-state index contributed by atoms with van der Waals surface area (Å²) in [7, 11) is 5.64. The van der Waals surface area contributed by atoms with Gasteiger partial charge >= 0.3 is 0 Å². The zero-order valence-corrected chi connectivity index (χ0v) is 11.8. The SMILES string of the molecule is COc1cc(NCC2(N(C)C)CCC2)c(N)cc1F. The van der Waals surface area contributed by atoms with Crippen LogP contribution in [-0.2, 0) is 0 Å². The van der Waals surface area contributed by atoms with E-state index in [4.69, 9.17) is 10.5 Å². The smallest absolute Gasteiger partial charge is 0.167 e. The third-order valence-corrected chi connectivity index (χ3v) is 4.16. The number of ether oxygens (including phenoxy) is 1. The van der Waals surface area contributed by atoms with Crippen molar-refractivity contribution in [2.45, 2.75) is 24.8 Å². The minimum absolute atomic E-state index is 0.189. The van der Waals surface area contributed by atoms with Gasteiger partial charge in [-0.15, -0.1) is 0 Å². The van der Waals surface area contributed by atoms with E-state index in [9.17, 15) is 4.39 Å². The van der Waals surface area contributed by atoms with E-state index in [-0.39, 0.29) is 11.3 Å². The third-order valence-electron chi connectivity index (χ3n) is 4.16. The van der Waals surface area contributed by atoms with Gasteiger partial charge in [-0.25, -0.2) is 4.39 Å². The number of rotatable bonds is 5. The van der Waals surface area contributed by atoms with Crippen molar-refractivity contribution in [2.24, 2.45) is 0 Å². The summed E-state index contributed by atoms with van der Waals surface area (Å²) in [4.78, 5) is 2.25. The molecule has 1 aliphatic rings. The molecule has 1 fully saturated rings. The fourth-order valence-electron chi connectivity index (χ4n) is 2.51. The predicted octanol–water partition coefficient (Wildman–Crippen LogP) is 2.31. The van der Waals surface area contributed by atoms with Crippen molar-refractivity contribution < 1.29 is 9.13 Å². The topological polar surface area (TPSA) is 50.5 Å². The molecule has 0 unspecified atom stereocenters. The molecule has 0 atom stereocenters. The van der Waals surface area contributed by atoms with Crippen LogP contribution in [0.4, 0.5) is 15.8 Å². The van der Waals surface area contributed by atoms with E-state index >= 15 is 0 Å². The maximum Gasteiger partial charge on any atom is 0.167 e. The van der Waals surface area contributed by atoms with Crippen LogP contribution in [0.15, 0.2) is 12.1 Å². The second kappa shape index (κ2) is 5.25. The summed E-state index contributed by atoms with van der Waals surface area (Å²) in [6, 6.07) is 2.91. The number of nitrogens with zero attached hydrogens (tertiary/aromatic N) is 1. The molecule has 0 bridgehead atoms. The lowest BCUT2D eigenvalue weighted by Gasteiger charge is -2.47. The molecule has 1 aliphatic carbocycles. The Labute approximate surface area is 113 Å². The molecule has 0 aliphatic heterocycles. The van der Waals surface area contributed by atoms with Gasteiger partial charge in [0.2, 0.25) is 0 Å². The summed E-state index contributed by atoms with van der Waals surface area (Å²) < 4.78 is 18.4. The Kier molecular flexibility index (Phi) is 3.85. The number of methoxy groups -OCH3 is 1. The number of hydrogen-bond donors (Lipinski definition) is 2. The highest BCUT2D eigenvalue weighted by molar-refractivity contribution is 5.68. The number of nitrogens with one attached hydrogen (secondary N) is 1. The molecule has 1 aromatic carbocycles. The zero-order chi connectivity index (χ0) is 14.0. The van der Waals surface area contributed by atoms with Crippen LogP contribution in [0.25, 0.3) is 0 Å². The van der Waals surface area contributed by atoms with Gasteiger partial charge in [-0.05, 0) is 33.4 Å². The maximum absolute atomic E-state index is 13.5. The maximum atomic E-state index is 13.5. The van der Waals surface area contributed by atoms with Crippen LogP contribution in [0.5, 0.6) is 5.75 Å². The van der Waals surface area contributed by atoms with Gasteiger partial charge in [0, 0.05) is 24.2 Å². The molecule has 0 spiro atoms. The molecule has 3 N–H and O–H groups in total. The van der Waals surface area contributed by atoms with Gasteiger partial charge < -0.3 is 20.7 Å². The standard InChI is InChI=1S/C14H22FN3O/c1-18(2)14(5-4-6-14)9-17-12-8-13(19-3)10(15)7-11(12)16/h7-8,17H,4-6,9,16H2,1-3H3. The van der Waals surface area contributed by atoms with Crippen LogP contribution in [0, 0.1) is 5.82 Å². The van der Waals surface area contributed by atoms with Crippen LogP contribution >= 0.6 is 0 Å². The van der Waals surface area contributed by atoms with Gasteiger partial charge in [0.05, 0.1) is 18.5 Å². The average molecular weight is 267 g/mol. The molecule has 1 saturated carbocycles. The molecular weight excluding hydrogens is 245 g/mol. The summed E-state index contributed by atoms with van der Waals surface area (Å²) >= 11 is 0. The van der Waals surface area contributed by atoms with Gasteiger partial charge in [0.25, 0.3) is 0 Å². The molecule has 106 valence electrons. The summed E-state index contributed by atoms with van der Waals surface area (Å²) in [5, 5.41) is 3.33. The Morgan fingerprint density at radius 3 is 2.58 bits per heavy atom. The first-order chi connectivity index (χ1) is 8.98. The van der Waals surface area contributed by atoms with Crippen LogP contribution in [0.2, 0.25) is 0 Å². The van der Waals surface area contributed by atoms with Crippen molar-refractivity contribution in [2.75, 3.05) is 38.8 Å². The summed E-state index contributed by atoms with van der Waals surface area (Å²) in [6.45, 7) is 0.805. The van der Waals surface area contributed by atoms with Gasteiger partial charge in [-0.2, -0.15) is 0 Å². The Hall–Kier alpha value is -1.49. The Morgan fingerprint density at radius 1 is 1.42 bits per heavy atom. The molecule has 1 aromatic rings. The second-order valence-corrected chi connectivity index (χ2v) is 5.40. The zero-order valence-electron chi connectivity index (χ0n) is 11.8. The summed E-state index contributed by atoms with van der Waals surface area (Å²) in [5.41, 5.74) is 7.16. The molecule has 0 saturated heterocycles. The number of anilines is 2. The lowest BCUT2D eigenvalue weighted by Crippen LogP contribution is -2.54.